The highest BCUT2D eigenvalue weighted by atomic mass is 16.4. The van der Waals surface area contributed by atoms with Crippen molar-refractivity contribution in [1.29, 1.82) is 0 Å². The smallest absolute Gasteiger partial charge is 0.312 e. The first kappa shape index (κ1) is 14.6. The fourth-order valence-electron chi connectivity index (χ4n) is 3.91. The third kappa shape index (κ3) is 3.29. The summed E-state index contributed by atoms with van der Waals surface area (Å²) in [6, 6.07) is 8.03. The lowest BCUT2D eigenvalue weighted by Crippen LogP contribution is -2.40. The Labute approximate surface area is 127 Å². The number of fused-ring (bicyclic) bond motifs is 1. The molecule has 1 N–H and O–H groups in total. The van der Waals surface area contributed by atoms with Crippen LogP contribution in [0.15, 0.2) is 24.3 Å². The van der Waals surface area contributed by atoms with Gasteiger partial charge in [-0.25, -0.2) is 0 Å². The van der Waals surface area contributed by atoms with Crippen molar-refractivity contribution in [3.8, 4) is 0 Å². The van der Waals surface area contributed by atoms with Gasteiger partial charge in [0, 0.05) is 19.6 Å². The molecular weight excluding hydrogens is 262 g/mol. The number of benzene rings is 1. The van der Waals surface area contributed by atoms with Crippen molar-refractivity contribution in [2.45, 2.75) is 45.1 Å². The van der Waals surface area contributed by atoms with Gasteiger partial charge in [0.25, 0.3) is 0 Å². The van der Waals surface area contributed by atoms with E-state index in [1.165, 1.54) is 31.2 Å². The summed E-state index contributed by atoms with van der Waals surface area (Å²) in [6.07, 6.45) is 5.27. The van der Waals surface area contributed by atoms with E-state index < -0.39 is 5.97 Å². The SMILES string of the molecule is CC1CCC(CN2Cc3ccccc3C(C(=O)O)C2)CC1. The first-order valence-electron chi connectivity index (χ1n) is 8.16. The molecule has 2 aliphatic rings. The minimum atomic E-state index is -0.690. The molecule has 21 heavy (non-hydrogen) atoms. The van der Waals surface area contributed by atoms with Crippen LogP contribution in [0.25, 0.3) is 0 Å². The van der Waals surface area contributed by atoms with Gasteiger partial charge in [-0.15, -0.1) is 0 Å². The minimum absolute atomic E-state index is 0.363. The van der Waals surface area contributed by atoms with Crippen molar-refractivity contribution in [3.05, 3.63) is 35.4 Å². The molecule has 0 spiro atoms. The molecule has 0 bridgehead atoms. The maximum atomic E-state index is 11.6. The number of carboxylic acid groups (broad SMARTS) is 1. The zero-order valence-electron chi connectivity index (χ0n) is 12.8. The molecule has 1 unspecified atom stereocenters. The van der Waals surface area contributed by atoms with E-state index in [4.69, 9.17) is 0 Å². The molecular formula is C18H25NO2. The minimum Gasteiger partial charge on any atom is -0.481 e. The number of hydrogen-bond donors (Lipinski definition) is 1. The molecule has 1 aliphatic heterocycles. The van der Waals surface area contributed by atoms with Gasteiger partial charge < -0.3 is 5.11 Å². The topological polar surface area (TPSA) is 40.5 Å². The first-order chi connectivity index (χ1) is 10.1. The van der Waals surface area contributed by atoms with E-state index in [0.717, 1.165) is 30.5 Å². The number of carbonyl (C=O) groups is 1. The van der Waals surface area contributed by atoms with Crippen LogP contribution in [0.2, 0.25) is 0 Å². The van der Waals surface area contributed by atoms with Gasteiger partial charge in [-0.2, -0.15) is 0 Å². The van der Waals surface area contributed by atoms with E-state index >= 15 is 0 Å². The zero-order chi connectivity index (χ0) is 14.8. The number of rotatable bonds is 3. The molecule has 1 atom stereocenters. The Morgan fingerprint density at radius 1 is 1.24 bits per heavy atom. The van der Waals surface area contributed by atoms with Crippen LogP contribution in [-0.4, -0.2) is 29.1 Å². The van der Waals surface area contributed by atoms with Gasteiger partial charge in [0.15, 0.2) is 0 Å². The molecule has 1 aromatic carbocycles. The van der Waals surface area contributed by atoms with Crippen LogP contribution in [-0.2, 0) is 11.3 Å². The highest BCUT2D eigenvalue weighted by Gasteiger charge is 2.31. The number of aliphatic carboxylic acids is 1. The average molecular weight is 287 g/mol. The zero-order valence-corrected chi connectivity index (χ0v) is 12.8. The highest BCUT2D eigenvalue weighted by molar-refractivity contribution is 5.77. The summed E-state index contributed by atoms with van der Waals surface area (Å²) < 4.78 is 0. The summed E-state index contributed by atoms with van der Waals surface area (Å²) in [5, 5.41) is 9.52. The van der Waals surface area contributed by atoms with E-state index in [0.29, 0.717) is 6.54 Å². The molecule has 1 aromatic rings. The second-order valence-corrected chi connectivity index (χ2v) is 6.91. The van der Waals surface area contributed by atoms with Crippen molar-refractivity contribution in [2.75, 3.05) is 13.1 Å². The van der Waals surface area contributed by atoms with E-state index in [9.17, 15) is 9.90 Å². The van der Waals surface area contributed by atoms with Crippen molar-refractivity contribution in [3.63, 3.8) is 0 Å². The van der Waals surface area contributed by atoms with Gasteiger partial charge >= 0.3 is 5.97 Å². The quantitative estimate of drug-likeness (QED) is 0.925. The molecule has 0 radical (unpaired) electrons. The predicted octanol–water partition coefficient (Wildman–Crippen LogP) is 3.50. The molecule has 3 nitrogen and oxygen atoms in total. The largest absolute Gasteiger partial charge is 0.481 e. The standard InChI is InChI=1S/C18H25NO2/c1-13-6-8-14(9-7-13)10-19-11-15-4-2-3-5-16(15)17(12-19)18(20)21/h2-5,13-14,17H,6-12H2,1H3,(H,20,21). The number of carboxylic acids is 1. The Balaban J connectivity index is 1.70. The van der Waals surface area contributed by atoms with E-state index in [1.807, 2.05) is 18.2 Å². The Hall–Kier alpha value is -1.35. The van der Waals surface area contributed by atoms with Gasteiger partial charge in [-0.05, 0) is 35.8 Å². The first-order valence-corrected chi connectivity index (χ1v) is 8.16. The van der Waals surface area contributed by atoms with Crippen LogP contribution in [0.3, 0.4) is 0 Å². The fourth-order valence-corrected chi connectivity index (χ4v) is 3.91. The Kier molecular flexibility index (Phi) is 4.29. The summed E-state index contributed by atoms with van der Waals surface area (Å²) in [5.74, 6) is 0.567. The van der Waals surface area contributed by atoms with Gasteiger partial charge in [-0.1, -0.05) is 44.0 Å². The lowest BCUT2D eigenvalue weighted by atomic mass is 9.82. The van der Waals surface area contributed by atoms with Gasteiger partial charge in [0.1, 0.15) is 0 Å². The van der Waals surface area contributed by atoms with Crippen molar-refractivity contribution >= 4 is 5.97 Å². The van der Waals surface area contributed by atoms with Crippen molar-refractivity contribution < 1.29 is 9.90 Å². The van der Waals surface area contributed by atoms with Gasteiger partial charge in [-0.3, -0.25) is 9.69 Å². The Morgan fingerprint density at radius 2 is 1.95 bits per heavy atom. The van der Waals surface area contributed by atoms with Crippen molar-refractivity contribution in [2.24, 2.45) is 11.8 Å². The normalized spacial score (nSPS) is 29.9. The summed E-state index contributed by atoms with van der Waals surface area (Å²) >= 11 is 0. The van der Waals surface area contributed by atoms with Gasteiger partial charge in [0.2, 0.25) is 0 Å². The van der Waals surface area contributed by atoms with Crippen LogP contribution >= 0.6 is 0 Å². The van der Waals surface area contributed by atoms with Crippen LogP contribution in [0.1, 0.15) is 49.7 Å². The maximum Gasteiger partial charge on any atom is 0.312 e. The number of hydrogen-bond acceptors (Lipinski definition) is 2. The average Bonchev–Trinajstić information content (AvgIpc) is 2.48. The van der Waals surface area contributed by atoms with Crippen molar-refractivity contribution in [1.82, 2.24) is 4.90 Å². The van der Waals surface area contributed by atoms with E-state index in [1.54, 1.807) is 0 Å². The number of nitrogens with zero attached hydrogens (tertiary/aromatic N) is 1. The van der Waals surface area contributed by atoms with Crippen LogP contribution in [0.5, 0.6) is 0 Å². The Morgan fingerprint density at radius 3 is 2.67 bits per heavy atom. The monoisotopic (exact) mass is 287 g/mol. The lowest BCUT2D eigenvalue weighted by molar-refractivity contribution is -0.139. The third-order valence-corrected chi connectivity index (χ3v) is 5.22. The molecule has 0 aromatic heterocycles. The predicted molar refractivity (Wildman–Crippen MR) is 83.2 cm³/mol. The maximum absolute atomic E-state index is 11.6. The Bertz CT molecular complexity index is 506. The van der Waals surface area contributed by atoms with Gasteiger partial charge in [0.05, 0.1) is 5.92 Å². The molecule has 3 rings (SSSR count). The summed E-state index contributed by atoms with van der Waals surface area (Å²) in [5.41, 5.74) is 2.21. The molecule has 1 heterocycles. The molecule has 3 heteroatoms. The fraction of sp³-hybridized carbons (Fsp3) is 0.611. The molecule has 1 aliphatic carbocycles. The summed E-state index contributed by atoms with van der Waals surface area (Å²) in [4.78, 5) is 13.9. The van der Waals surface area contributed by atoms with Crippen LogP contribution < -0.4 is 0 Å². The molecule has 1 saturated carbocycles. The third-order valence-electron chi connectivity index (χ3n) is 5.22. The van der Waals surface area contributed by atoms with Crippen LogP contribution in [0.4, 0.5) is 0 Å². The lowest BCUT2D eigenvalue weighted by Gasteiger charge is -2.36. The molecule has 0 saturated heterocycles. The molecule has 1 fully saturated rings. The van der Waals surface area contributed by atoms with Crippen LogP contribution in [0, 0.1) is 11.8 Å². The second kappa shape index (κ2) is 6.18. The second-order valence-electron chi connectivity index (χ2n) is 6.91. The summed E-state index contributed by atoms with van der Waals surface area (Å²) in [7, 11) is 0. The van der Waals surface area contributed by atoms with E-state index in [-0.39, 0.29) is 5.92 Å². The molecule has 114 valence electrons. The molecule has 0 amide bonds. The summed E-state index contributed by atoms with van der Waals surface area (Å²) in [6.45, 7) is 4.98. The van der Waals surface area contributed by atoms with E-state index in [2.05, 4.69) is 17.9 Å². The highest BCUT2D eigenvalue weighted by Crippen LogP contribution is 2.32.